The fourth-order valence-corrected chi connectivity index (χ4v) is 8.87. The summed E-state index contributed by atoms with van der Waals surface area (Å²) in [6.45, 7) is 13.0. The van der Waals surface area contributed by atoms with Crippen LogP contribution in [0.4, 0.5) is 0 Å². The third kappa shape index (κ3) is 8.16. The standard InChI is InChI=1S/C31H47BrN6O3S/c1-20-8-6-9-21(2)29(20)26-13-28-36-30(35-26)37-42(39,40)25-11-7-10-22(12-25)17-38(18-27-33-15-23(32)16-34-27)24(19-41-28)14-31(3,4)5/h6,8-9,15-16,22,24-26,28,30,35-37H,7,10-14,17-19H2,1-5H3/t22?,24-,25?,26?,28?,30?/m1/s1. The highest BCUT2D eigenvalue weighted by Gasteiger charge is 2.39. The number of sulfonamides is 1. The van der Waals surface area contributed by atoms with Crippen molar-refractivity contribution in [1.29, 1.82) is 0 Å². The van der Waals surface area contributed by atoms with Crippen LogP contribution < -0.4 is 15.4 Å². The molecule has 0 spiro atoms. The van der Waals surface area contributed by atoms with Crippen LogP contribution in [-0.2, 0) is 21.3 Å². The van der Waals surface area contributed by atoms with Crippen molar-refractivity contribution in [2.45, 2.75) is 110 Å². The van der Waals surface area contributed by atoms with Crippen LogP contribution in [0.15, 0.2) is 35.1 Å². The molecule has 1 aromatic carbocycles. The van der Waals surface area contributed by atoms with E-state index in [1.807, 2.05) is 0 Å². The number of fused-ring (bicyclic) bond motifs is 4. The quantitative estimate of drug-likeness (QED) is 0.424. The Morgan fingerprint density at radius 2 is 1.79 bits per heavy atom. The van der Waals surface area contributed by atoms with Gasteiger partial charge in [0.05, 0.1) is 22.9 Å². The molecule has 9 nitrogen and oxygen atoms in total. The SMILES string of the molecule is Cc1cccc(C)c1C1CC2NC(N1)NS(=O)(=O)C1CCCC(C1)CN(Cc1ncc(Br)cn1)[C@H](CC(C)(C)C)CO2. The number of aromatic nitrogens is 2. The summed E-state index contributed by atoms with van der Waals surface area (Å²) in [6.07, 6.45) is 7.51. The highest BCUT2D eigenvalue weighted by Crippen LogP contribution is 2.34. The van der Waals surface area contributed by atoms with E-state index in [1.165, 1.54) is 16.7 Å². The van der Waals surface area contributed by atoms with Crippen molar-refractivity contribution in [2.24, 2.45) is 11.3 Å². The van der Waals surface area contributed by atoms with Gasteiger partial charge >= 0.3 is 0 Å². The molecule has 4 bridgehead atoms. The molecule has 1 saturated carbocycles. The lowest BCUT2D eigenvalue weighted by Crippen LogP contribution is -2.64. The molecular weight excluding hydrogens is 616 g/mol. The molecule has 0 radical (unpaired) electrons. The Labute approximate surface area is 260 Å². The maximum absolute atomic E-state index is 13.8. The fraction of sp³-hybridized carbons (Fsp3) is 0.677. The van der Waals surface area contributed by atoms with Crippen molar-refractivity contribution in [1.82, 2.24) is 30.2 Å². The first-order chi connectivity index (χ1) is 19.9. The van der Waals surface area contributed by atoms with E-state index in [2.05, 4.69) is 99.0 Å². The zero-order valence-electron chi connectivity index (χ0n) is 25.6. The van der Waals surface area contributed by atoms with Gasteiger partial charge in [0, 0.05) is 37.4 Å². The van der Waals surface area contributed by atoms with Gasteiger partial charge in [0.1, 0.15) is 18.3 Å². The van der Waals surface area contributed by atoms with E-state index in [1.54, 1.807) is 12.4 Å². The molecule has 3 aliphatic rings. The Kier molecular flexibility index (Phi) is 10.1. The van der Waals surface area contributed by atoms with Crippen LogP contribution in [-0.4, -0.2) is 60.2 Å². The summed E-state index contributed by atoms with van der Waals surface area (Å²) < 4.78 is 38.1. The molecule has 3 heterocycles. The lowest BCUT2D eigenvalue weighted by molar-refractivity contribution is -0.0519. The van der Waals surface area contributed by atoms with Gasteiger partial charge in [-0.25, -0.2) is 18.4 Å². The number of benzene rings is 1. The van der Waals surface area contributed by atoms with E-state index in [0.29, 0.717) is 32.4 Å². The molecule has 5 unspecified atom stereocenters. The van der Waals surface area contributed by atoms with Gasteiger partial charge in [-0.3, -0.25) is 15.5 Å². The Morgan fingerprint density at radius 1 is 1.07 bits per heavy atom. The lowest BCUT2D eigenvalue weighted by atomic mass is 9.85. The molecule has 2 aromatic rings. The predicted octanol–water partition coefficient (Wildman–Crippen LogP) is 4.91. The Hall–Kier alpha value is -1.47. The van der Waals surface area contributed by atoms with Crippen LogP contribution in [0, 0.1) is 25.2 Å². The zero-order valence-corrected chi connectivity index (χ0v) is 28.0. The molecule has 5 rings (SSSR count). The number of hydrogen-bond acceptors (Lipinski definition) is 8. The van der Waals surface area contributed by atoms with Crippen LogP contribution in [0.2, 0.25) is 0 Å². The van der Waals surface area contributed by atoms with E-state index in [9.17, 15) is 8.42 Å². The summed E-state index contributed by atoms with van der Waals surface area (Å²) in [6, 6.07) is 6.37. The zero-order chi connectivity index (χ0) is 30.1. The van der Waals surface area contributed by atoms with E-state index >= 15 is 0 Å². The molecule has 2 saturated heterocycles. The van der Waals surface area contributed by atoms with Gasteiger partial charge < -0.3 is 4.74 Å². The Balaban J connectivity index is 1.49. The summed E-state index contributed by atoms with van der Waals surface area (Å²) in [4.78, 5) is 11.6. The average molecular weight is 664 g/mol. The minimum atomic E-state index is -3.57. The Morgan fingerprint density at radius 3 is 2.48 bits per heavy atom. The number of hydrogen-bond donors (Lipinski definition) is 3. The monoisotopic (exact) mass is 662 g/mol. The maximum atomic E-state index is 13.8. The molecular formula is C31H47BrN6O3S. The van der Waals surface area contributed by atoms with E-state index < -0.39 is 21.6 Å². The van der Waals surface area contributed by atoms with Gasteiger partial charge in [0.15, 0.2) is 0 Å². The number of halogens is 1. The smallest absolute Gasteiger partial charge is 0.216 e. The molecule has 0 amide bonds. The van der Waals surface area contributed by atoms with Crippen molar-refractivity contribution < 1.29 is 13.2 Å². The van der Waals surface area contributed by atoms with E-state index in [4.69, 9.17) is 4.74 Å². The van der Waals surface area contributed by atoms with Crippen molar-refractivity contribution >= 4 is 26.0 Å². The first kappa shape index (κ1) is 31.9. The molecule has 1 aromatic heterocycles. The van der Waals surface area contributed by atoms with Crippen molar-refractivity contribution in [3.63, 3.8) is 0 Å². The molecule has 3 N–H and O–H groups in total. The fourth-order valence-electron chi connectivity index (χ4n) is 7.00. The average Bonchev–Trinajstić information content (AvgIpc) is 2.91. The van der Waals surface area contributed by atoms with Crippen LogP contribution in [0.1, 0.15) is 87.9 Å². The minimum Gasteiger partial charge on any atom is -0.362 e. The van der Waals surface area contributed by atoms with Crippen molar-refractivity contribution in [3.05, 3.63) is 57.6 Å². The summed E-state index contributed by atoms with van der Waals surface area (Å²) in [7, 11) is -3.57. The van der Waals surface area contributed by atoms with Gasteiger partial charge in [-0.05, 0) is 83.5 Å². The highest BCUT2D eigenvalue weighted by atomic mass is 79.9. The predicted molar refractivity (Wildman–Crippen MR) is 169 cm³/mol. The number of aryl methyl sites for hydroxylation is 2. The molecule has 6 atom stereocenters. The van der Waals surface area contributed by atoms with Gasteiger partial charge in [0.25, 0.3) is 0 Å². The summed E-state index contributed by atoms with van der Waals surface area (Å²) in [5.41, 5.74) is 3.66. The molecule has 232 valence electrons. The maximum Gasteiger partial charge on any atom is 0.216 e. The number of ether oxygens (including phenoxy) is 1. The van der Waals surface area contributed by atoms with Gasteiger partial charge in [-0.2, -0.15) is 4.72 Å². The van der Waals surface area contributed by atoms with Gasteiger partial charge in [-0.15, -0.1) is 0 Å². The summed E-state index contributed by atoms with van der Waals surface area (Å²) in [5, 5.41) is 6.58. The van der Waals surface area contributed by atoms with Crippen molar-refractivity contribution in [2.75, 3.05) is 13.2 Å². The van der Waals surface area contributed by atoms with Crippen LogP contribution in [0.5, 0.6) is 0 Å². The molecule has 3 fully saturated rings. The summed E-state index contributed by atoms with van der Waals surface area (Å²) >= 11 is 3.45. The molecule has 42 heavy (non-hydrogen) atoms. The van der Waals surface area contributed by atoms with Gasteiger partial charge in [0.2, 0.25) is 10.0 Å². The molecule has 11 heteroatoms. The Bertz CT molecular complexity index is 1300. The topological polar surface area (TPSA) is 108 Å². The van der Waals surface area contributed by atoms with E-state index in [0.717, 1.165) is 36.1 Å². The second kappa shape index (κ2) is 13.3. The second-order valence-electron chi connectivity index (χ2n) is 13.7. The largest absolute Gasteiger partial charge is 0.362 e. The van der Waals surface area contributed by atoms with Crippen LogP contribution >= 0.6 is 15.9 Å². The number of rotatable bonds is 4. The second-order valence-corrected chi connectivity index (χ2v) is 16.6. The van der Waals surface area contributed by atoms with Crippen LogP contribution in [0.3, 0.4) is 0 Å². The number of nitrogens with one attached hydrogen (secondary N) is 3. The molecule has 1 aliphatic carbocycles. The van der Waals surface area contributed by atoms with E-state index in [-0.39, 0.29) is 29.6 Å². The number of nitrogens with zero attached hydrogens (tertiary/aromatic N) is 3. The molecule has 2 aliphatic heterocycles. The minimum absolute atomic E-state index is 0.0530. The first-order valence-electron chi connectivity index (χ1n) is 15.3. The summed E-state index contributed by atoms with van der Waals surface area (Å²) in [5.74, 6) is 1.03. The third-order valence-electron chi connectivity index (χ3n) is 8.88. The highest BCUT2D eigenvalue weighted by molar-refractivity contribution is 9.10. The first-order valence-corrected chi connectivity index (χ1v) is 17.6. The van der Waals surface area contributed by atoms with Gasteiger partial charge in [-0.1, -0.05) is 45.4 Å². The normalized spacial score (nSPS) is 31.0. The van der Waals surface area contributed by atoms with Crippen LogP contribution in [0.25, 0.3) is 0 Å². The van der Waals surface area contributed by atoms with Crippen molar-refractivity contribution in [3.8, 4) is 0 Å². The third-order valence-corrected chi connectivity index (χ3v) is 11.2. The lowest BCUT2D eigenvalue weighted by Gasteiger charge is -2.40.